The summed E-state index contributed by atoms with van der Waals surface area (Å²) in [6, 6.07) is 5.26. The molecule has 11 heteroatoms. The van der Waals surface area contributed by atoms with Gasteiger partial charge in [-0.3, -0.25) is 0 Å². The Hall–Kier alpha value is -1.58. The molecular formula is C14H14Cl3N3O5. The van der Waals surface area contributed by atoms with Gasteiger partial charge in [-0.05, 0) is 12.1 Å². The number of benzene rings is 1. The first-order valence-electron chi connectivity index (χ1n) is 6.98. The maximum absolute atomic E-state index is 8.36. The predicted octanol–water partition coefficient (Wildman–Crippen LogP) is 3.35. The standard InChI is InChI=1S/C14H13Cl3N2O2.HNO3/c15-6-11-7-20-14(21-11,8-19-4-3-18-9-19)12-2-1-10(16)5-13(12)17;2-1(3)4/h1-5,9,11H,6-8H2;(H,2,3,4)/t11-,14-;/m1./s1. The zero-order valence-electron chi connectivity index (χ0n) is 12.7. The average molecular weight is 411 g/mol. The lowest BCUT2D eigenvalue weighted by atomic mass is 10.1. The molecule has 3 rings (SSSR count). The maximum atomic E-state index is 8.36. The molecule has 0 aliphatic carbocycles. The highest BCUT2D eigenvalue weighted by molar-refractivity contribution is 6.35. The van der Waals surface area contributed by atoms with Crippen LogP contribution in [-0.2, 0) is 21.8 Å². The highest BCUT2D eigenvalue weighted by Gasteiger charge is 2.44. The van der Waals surface area contributed by atoms with Crippen molar-refractivity contribution in [1.82, 2.24) is 9.55 Å². The van der Waals surface area contributed by atoms with E-state index in [1.807, 2.05) is 16.8 Å². The number of aromatic nitrogens is 2. The predicted molar refractivity (Wildman–Crippen MR) is 90.7 cm³/mol. The monoisotopic (exact) mass is 409 g/mol. The van der Waals surface area contributed by atoms with Crippen LogP contribution < -0.4 is 0 Å². The van der Waals surface area contributed by atoms with E-state index in [-0.39, 0.29) is 6.10 Å². The first kappa shape index (κ1) is 19.7. The Balaban J connectivity index is 0.000000511. The molecule has 0 spiro atoms. The van der Waals surface area contributed by atoms with Gasteiger partial charge < -0.3 is 19.2 Å². The van der Waals surface area contributed by atoms with Crippen molar-refractivity contribution >= 4 is 34.8 Å². The van der Waals surface area contributed by atoms with Crippen molar-refractivity contribution in [3.8, 4) is 0 Å². The van der Waals surface area contributed by atoms with Gasteiger partial charge in [0, 0.05) is 23.0 Å². The molecule has 0 radical (unpaired) electrons. The number of alkyl halides is 1. The molecule has 0 saturated carbocycles. The quantitative estimate of drug-likeness (QED) is 0.471. The third-order valence-electron chi connectivity index (χ3n) is 3.32. The Morgan fingerprint density at radius 2 is 2.20 bits per heavy atom. The Morgan fingerprint density at radius 1 is 1.48 bits per heavy atom. The van der Waals surface area contributed by atoms with Crippen LogP contribution in [0, 0.1) is 10.1 Å². The number of nitrogens with zero attached hydrogens (tertiary/aromatic N) is 3. The van der Waals surface area contributed by atoms with Gasteiger partial charge in [0.05, 0.1) is 36.5 Å². The van der Waals surface area contributed by atoms with Gasteiger partial charge in [0.15, 0.2) is 0 Å². The van der Waals surface area contributed by atoms with E-state index in [0.29, 0.717) is 29.1 Å². The second-order valence-electron chi connectivity index (χ2n) is 5.06. The van der Waals surface area contributed by atoms with Gasteiger partial charge in [-0.25, -0.2) is 4.98 Å². The molecule has 2 aromatic rings. The third kappa shape index (κ3) is 5.20. The summed E-state index contributed by atoms with van der Waals surface area (Å²) in [6.07, 6.45) is 5.06. The first-order chi connectivity index (χ1) is 11.9. The molecule has 1 aromatic carbocycles. The van der Waals surface area contributed by atoms with E-state index in [4.69, 9.17) is 59.6 Å². The molecule has 2 heterocycles. The van der Waals surface area contributed by atoms with Crippen LogP contribution in [0.1, 0.15) is 5.56 Å². The van der Waals surface area contributed by atoms with Crippen LogP contribution in [0.3, 0.4) is 0 Å². The molecule has 0 bridgehead atoms. The molecule has 0 unspecified atom stereocenters. The molecule has 1 saturated heterocycles. The molecule has 1 fully saturated rings. The Morgan fingerprint density at radius 3 is 2.72 bits per heavy atom. The van der Waals surface area contributed by atoms with Crippen LogP contribution in [-0.4, -0.2) is 38.4 Å². The molecule has 1 aromatic heterocycles. The van der Waals surface area contributed by atoms with Gasteiger partial charge >= 0.3 is 0 Å². The van der Waals surface area contributed by atoms with E-state index < -0.39 is 10.9 Å². The van der Waals surface area contributed by atoms with Crippen molar-refractivity contribution in [3.05, 3.63) is 62.6 Å². The summed E-state index contributed by atoms with van der Waals surface area (Å²) in [5, 5.41) is 14.7. The van der Waals surface area contributed by atoms with Crippen molar-refractivity contribution in [2.45, 2.75) is 18.4 Å². The average Bonchev–Trinajstić information content (AvgIpc) is 3.17. The maximum Gasteiger partial charge on any atom is 0.291 e. The van der Waals surface area contributed by atoms with Crippen LogP contribution in [0.15, 0.2) is 36.9 Å². The molecular weight excluding hydrogens is 397 g/mol. The number of hydrogen-bond donors (Lipinski definition) is 1. The summed E-state index contributed by atoms with van der Waals surface area (Å²) in [5.74, 6) is -0.626. The topological polar surface area (TPSA) is 99.7 Å². The molecule has 2 atom stereocenters. The lowest BCUT2D eigenvalue weighted by Gasteiger charge is -2.29. The second-order valence-corrected chi connectivity index (χ2v) is 6.21. The Bertz CT molecular complexity index is 712. The molecule has 25 heavy (non-hydrogen) atoms. The van der Waals surface area contributed by atoms with Crippen LogP contribution >= 0.6 is 34.8 Å². The zero-order valence-corrected chi connectivity index (χ0v) is 15.0. The number of ether oxygens (including phenoxy) is 2. The SMILES string of the molecule is ClC[C@@H]1CO[C@@](Cn2ccnc2)(c2ccc(Cl)cc2Cl)O1.O=[N+]([O-])O. The van der Waals surface area contributed by atoms with Crippen LogP contribution in [0.2, 0.25) is 10.0 Å². The second kappa shape index (κ2) is 8.68. The van der Waals surface area contributed by atoms with Crippen molar-refractivity contribution in [2.24, 2.45) is 0 Å². The fourth-order valence-electron chi connectivity index (χ4n) is 2.37. The summed E-state index contributed by atoms with van der Waals surface area (Å²) < 4.78 is 13.9. The summed E-state index contributed by atoms with van der Waals surface area (Å²) in [4.78, 5) is 12.4. The minimum Gasteiger partial charge on any atom is -0.342 e. The Kier molecular flexibility index (Phi) is 6.86. The fraction of sp³-hybridized carbons (Fsp3) is 0.357. The van der Waals surface area contributed by atoms with Crippen molar-refractivity contribution in [1.29, 1.82) is 0 Å². The van der Waals surface area contributed by atoms with Crippen molar-refractivity contribution in [2.75, 3.05) is 12.5 Å². The van der Waals surface area contributed by atoms with E-state index in [9.17, 15) is 0 Å². The van der Waals surface area contributed by atoms with Gasteiger partial charge in [-0.15, -0.1) is 21.7 Å². The summed E-state index contributed by atoms with van der Waals surface area (Å²) in [7, 11) is 0. The van der Waals surface area contributed by atoms with Gasteiger partial charge in [-0.1, -0.05) is 29.3 Å². The van der Waals surface area contributed by atoms with Gasteiger partial charge in [0.1, 0.15) is 0 Å². The van der Waals surface area contributed by atoms with Gasteiger partial charge in [0.2, 0.25) is 5.79 Å². The lowest BCUT2D eigenvalue weighted by Crippen LogP contribution is -2.34. The van der Waals surface area contributed by atoms with Gasteiger partial charge in [0.25, 0.3) is 5.09 Å². The molecule has 1 N–H and O–H groups in total. The van der Waals surface area contributed by atoms with Crippen molar-refractivity contribution < 1.29 is 19.8 Å². The summed E-state index contributed by atoms with van der Waals surface area (Å²) in [6.45, 7) is 0.846. The largest absolute Gasteiger partial charge is 0.342 e. The third-order valence-corrected chi connectivity index (χ3v) is 4.21. The normalized spacial score (nSPS) is 22.3. The van der Waals surface area contributed by atoms with Gasteiger partial charge in [-0.2, -0.15) is 0 Å². The lowest BCUT2D eigenvalue weighted by molar-refractivity contribution is -0.742. The molecule has 0 amide bonds. The number of halogens is 3. The smallest absolute Gasteiger partial charge is 0.291 e. The minimum atomic E-state index is -1.50. The highest BCUT2D eigenvalue weighted by Crippen LogP contribution is 2.40. The Labute approximate surface area is 157 Å². The number of imidazole rings is 1. The number of rotatable bonds is 4. The molecule has 8 nitrogen and oxygen atoms in total. The van der Waals surface area contributed by atoms with E-state index in [1.165, 1.54) is 0 Å². The molecule has 1 aliphatic heterocycles. The molecule has 136 valence electrons. The van der Waals surface area contributed by atoms with E-state index in [2.05, 4.69) is 4.98 Å². The molecule has 1 aliphatic rings. The fourth-order valence-corrected chi connectivity index (χ4v) is 3.07. The van der Waals surface area contributed by atoms with Crippen LogP contribution in [0.25, 0.3) is 0 Å². The van der Waals surface area contributed by atoms with Crippen molar-refractivity contribution in [3.63, 3.8) is 0 Å². The first-order valence-corrected chi connectivity index (χ1v) is 8.27. The van der Waals surface area contributed by atoms with Crippen LogP contribution in [0.4, 0.5) is 0 Å². The summed E-state index contributed by atoms with van der Waals surface area (Å²) in [5.41, 5.74) is 0.731. The number of hydrogen-bond acceptors (Lipinski definition) is 5. The van der Waals surface area contributed by atoms with E-state index in [1.54, 1.807) is 24.7 Å². The van der Waals surface area contributed by atoms with Crippen LogP contribution in [0.5, 0.6) is 0 Å². The minimum absolute atomic E-state index is 0.179. The van der Waals surface area contributed by atoms with E-state index in [0.717, 1.165) is 5.56 Å². The zero-order chi connectivity index (χ0) is 18.4. The summed E-state index contributed by atoms with van der Waals surface area (Å²) >= 11 is 18.2. The van der Waals surface area contributed by atoms with E-state index >= 15 is 0 Å². The highest BCUT2D eigenvalue weighted by atomic mass is 35.5.